The number of rotatable bonds is 5. The second kappa shape index (κ2) is 8.70. The van der Waals surface area contributed by atoms with Crippen molar-refractivity contribution in [3.05, 3.63) is 75.2 Å². The Morgan fingerprint density at radius 1 is 1.17 bits per heavy atom. The van der Waals surface area contributed by atoms with Crippen LogP contribution in [0.5, 0.6) is 0 Å². The number of carbonyl (C=O) groups is 1. The summed E-state index contributed by atoms with van der Waals surface area (Å²) in [4.78, 5) is 31.3. The zero-order chi connectivity index (χ0) is 21.3. The van der Waals surface area contributed by atoms with Gasteiger partial charge in [0.2, 0.25) is 5.91 Å². The van der Waals surface area contributed by atoms with Crippen molar-refractivity contribution in [2.75, 3.05) is 16.8 Å². The topological polar surface area (TPSA) is 64.0 Å². The fourth-order valence-electron chi connectivity index (χ4n) is 3.31. The molecule has 1 aromatic heterocycles. The first-order valence-corrected chi connectivity index (χ1v) is 11.8. The maximum absolute atomic E-state index is 13.2. The van der Waals surface area contributed by atoms with Crippen LogP contribution in [0.25, 0.3) is 5.69 Å². The average molecular weight is 438 g/mol. The van der Waals surface area contributed by atoms with Crippen LogP contribution in [-0.2, 0) is 11.2 Å². The molecule has 4 rings (SSSR count). The molecule has 1 amide bonds. The van der Waals surface area contributed by atoms with E-state index in [0.29, 0.717) is 5.16 Å². The number of anilines is 1. The van der Waals surface area contributed by atoms with Crippen LogP contribution in [0.15, 0.2) is 57.3 Å². The molecule has 2 aromatic carbocycles. The third-order valence-electron chi connectivity index (χ3n) is 5.17. The van der Waals surface area contributed by atoms with Crippen molar-refractivity contribution in [3.63, 3.8) is 0 Å². The van der Waals surface area contributed by atoms with Crippen molar-refractivity contribution in [2.45, 2.75) is 37.2 Å². The molecule has 0 saturated heterocycles. The first-order valence-electron chi connectivity index (χ1n) is 9.78. The predicted octanol–water partition coefficient (Wildman–Crippen LogP) is 4.54. The fraction of sp³-hybridized carbons (Fsp3) is 0.261. The SMILES string of the molecule is Cc1ccc(-n2c(SCC(=O)Nc3cccc(C)c3C)nc3c(c2=O)SCC3)cc1. The Balaban J connectivity index is 1.61. The molecule has 0 radical (unpaired) electrons. The van der Waals surface area contributed by atoms with Gasteiger partial charge >= 0.3 is 0 Å². The van der Waals surface area contributed by atoms with Crippen molar-refractivity contribution in [1.82, 2.24) is 9.55 Å². The Kier molecular flexibility index (Phi) is 6.01. The molecule has 5 nitrogen and oxygen atoms in total. The van der Waals surface area contributed by atoms with Crippen molar-refractivity contribution < 1.29 is 4.79 Å². The van der Waals surface area contributed by atoms with E-state index in [1.807, 2.05) is 63.2 Å². The molecule has 0 aliphatic carbocycles. The van der Waals surface area contributed by atoms with E-state index < -0.39 is 0 Å². The average Bonchev–Trinajstić information content (AvgIpc) is 3.20. The maximum Gasteiger partial charge on any atom is 0.272 e. The molecule has 0 saturated carbocycles. The lowest BCUT2D eigenvalue weighted by Crippen LogP contribution is -2.24. The first kappa shape index (κ1) is 20.8. The predicted molar refractivity (Wildman–Crippen MR) is 124 cm³/mol. The lowest BCUT2D eigenvalue weighted by atomic mass is 10.1. The van der Waals surface area contributed by atoms with E-state index >= 15 is 0 Å². The highest BCUT2D eigenvalue weighted by Gasteiger charge is 2.23. The number of nitrogens with zero attached hydrogens (tertiary/aromatic N) is 2. The molecule has 1 aliphatic rings. The Bertz CT molecular complexity index is 1170. The van der Waals surface area contributed by atoms with Crippen LogP contribution in [0.2, 0.25) is 0 Å². The maximum atomic E-state index is 13.2. The quantitative estimate of drug-likeness (QED) is 0.469. The lowest BCUT2D eigenvalue weighted by Gasteiger charge is -2.14. The first-order chi connectivity index (χ1) is 14.4. The van der Waals surface area contributed by atoms with Gasteiger partial charge in [-0.2, -0.15) is 0 Å². The molecular weight excluding hydrogens is 414 g/mol. The molecule has 0 bridgehead atoms. The van der Waals surface area contributed by atoms with E-state index in [1.165, 1.54) is 11.8 Å². The summed E-state index contributed by atoms with van der Waals surface area (Å²) in [5.41, 5.74) is 5.68. The monoisotopic (exact) mass is 437 g/mol. The third kappa shape index (κ3) is 4.18. The highest BCUT2D eigenvalue weighted by molar-refractivity contribution is 8.00. The molecule has 0 fully saturated rings. The molecular formula is C23H23N3O2S2. The molecule has 3 aromatic rings. The van der Waals surface area contributed by atoms with E-state index in [9.17, 15) is 9.59 Å². The zero-order valence-corrected chi connectivity index (χ0v) is 18.8. The highest BCUT2D eigenvalue weighted by atomic mass is 32.2. The highest BCUT2D eigenvalue weighted by Crippen LogP contribution is 2.30. The van der Waals surface area contributed by atoms with Gasteiger partial charge in [-0.05, 0) is 50.1 Å². The largest absolute Gasteiger partial charge is 0.325 e. The number of aromatic nitrogens is 2. The van der Waals surface area contributed by atoms with Crippen LogP contribution in [0.1, 0.15) is 22.4 Å². The van der Waals surface area contributed by atoms with Crippen LogP contribution in [0.3, 0.4) is 0 Å². The fourth-order valence-corrected chi connectivity index (χ4v) is 5.17. The number of fused-ring (bicyclic) bond motifs is 1. The molecule has 0 unspecified atom stereocenters. The summed E-state index contributed by atoms with van der Waals surface area (Å²) in [6, 6.07) is 13.6. The summed E-state index contributed by atoms with van der Waals surface area (Å²) in [6.45, 7) is 6.02. The van der Waals surface area contributed by atoms with Gasteiger partial charge in [0, 0.05) is 17.9 Å². The molecule has 154 valence electrons. The number of hydrogen-bond acceptors (Lipinski definition) is 5. The van der Waals surface area contributed by atoms with Gasteiger partial charge in [-0.3, -0.25) is 14.2 Å². The van der Waals surface area contributed by atoms with E-state index in [1.54, 1.807) is 16.3 Å². The second-order valence-electron chi connectivity index (χ2n) is 7.33. The summed E-state index contributed by atoms with van der Waals surface area (Å²) in [7, 11) is 0. The number of nitrogens with one attached hydrogen (secondary N) is 1. The van der Waals surface area contributed by atoms with Crippen LogP contribution in [-0.4, -0.2) is 27.0 Å². The van der Waals surface area contributed by atoms with Crippen molar-refractivity contribution >= 4 is 35.1 Å². The van der Waals surface area contributed by atoms with Crippen molar-refractivity contribution in [3.8, 4) is 5.69 Å². The van der Waals surface area contributed by atoms with Gasteiger partial charge < -0.3 is 5.32 Å². The Hall–Kier alpha value is -2.51. The van der Waals surface area contributed by atoms with E-state index in [4.69, 9.17) is 4.98 Å². The molecule has 1 N–H and O–H groups in total. The molecule has 7 heteroatoms. The summed E-state index contributed by atoms with van der Waals surface area (Å²) < 4.78 is 1.63. The van der Waals surface area contributed by atoms with Gasteiger partial charge in [-0.15, -0.1) is 11.8 Å². The minimum absolute atomic E-state index is 0.0520. The van der Waals surface area contributed by atoms with Gasteiger partial charge in [-0.25, -0.2) is 4.98 Å². The summed E-state index contributed by atoms with van der Waals surface area (Å²) in [5.74, 6) is 0.929. The number of hydrogen-bond donors (Lipinski definition) is 1. The lowest BCUT2D eigenvalue weighted by molar-refractivity contribution is -0.113. The minimum atomic E-state index is -0.117. The summed E-state index contributed by atoms with van der Waals surface area (Å²) in [5, 5.41) is 3.53. The van der Waals surface area contributed by atoms with E-state index in [2.05, 4.69) is 5.32 Å². The van der Waals surface area contributed by atoms with Gasteiger partial charge in [0.25, 0.3) is 5.56 Å². The Morgan fingerprint density at radius 3 is 2.70 bits per heavy atom. The van der Waals surface area contributed by atoms with Crippen LogP contribution in [0, 0.1) is 20.8 Å². The van der Waals surface area contributed by atoms with Crippen LogP contribution in [0.4, 0.5) is 5.69 Å². The number of carbonyl (C=O) groups excluding carboxylic acids is 1. The summed E-state index contributed by atoms with van der Waals surface area (Å²) >= 11 is 2.85. The zero-order valence-electron chi connectivity index (χ0n) is 17.2. The minimum Gasteiger partial charge on any atom is -0.325 e. The van der Waals surface area contributed by atoms with Gasteiger partial charge in [0.05, 0.1) is 22.0 Å². The molecule has 2 heterocycles. The van der Waals surface area contributed by atoms with Crippen molar-refractivity contribution in [2.24, 2.45) is 0 Å². The Labute approximate surface area is 184 Å². The van der Waals surface area contributed by atoms with Crippen LogP contribution < -0.4 is 10.9 Å². The van der Waals surface area contributed by atoms with Gasteiger partial charge in [0.1, 0.15) is 0 Å². The number of benzene rings is 2. The van der Waals surface area contributed by atoms with Gasteiger partial charge in [0.15, 0.2) is 5.16 Å². The van der Waals surface area contributed by atoms with E-state index in [0.717, 1.165) is 50.8 Å². The Morgan fingerprint density at radius 2 is 1.93 bits per heavy atom. The molecule has 0 spiro atoms. The summed E-state index contributed by atoms with van der Waals surface area (Å²) in [6.07, 6.45) is 0.784. The number of thioether (sulfide) groups is 2. The smallest absolute Gasteiger partial charge is 0.272 e. The molecule has 30 heavy (non-hydrogen) atoms. The molecule has 0 atom stereocenters. The number of aryl methyl sites for hydroxylation is 3. The third-order valence-corrected chi connectivity index (χ3v) is 7.22. The molecule has 1 aliphatic heterocycles. The van der Waals surface area contributed by atoms with E-state index in [-0.39, 0.29) is 17.2 Å². The second-order valence-corrected chi connectivity index (χ2v) is 9.38. The number of amides is 1. The standard InChI is InChI=1S/C23H23N3O2S2/c1-14-7-9-17(10-8-14)26-22(28)21-19(11-12-29-21)25-23(26)30-13-20(27)24-18-6-4-5-15(2)16(18)3/h4-10H,11-13H2,1-3H3,(H,24,27). The van der Waals surface area contributed by atoms with Crippen molar-refractivity contribution in [1.29, 1.82) is 0 Å². The van der Waals surface area contributed by atoms with Gasteiger partial charge in [-0.1, -0.05) is 41.6 Å². The normalized spacial score (nSPS) is 12.6. The van der Waals surface area contributed by atoms with Crippen LogP contribution >= 0.6 is 23.5 Å².